The third kappa shape index (κ3) is 1.84. The Balaban J connectivity index is 2.34. The maximum Gasteiger partial charge on any atom is 0.335 e. The molecule has 17 heavy (non-hydrogen) atoms. The van der Waals surface area contributed by atoms with Gasteiger partial charge in [-0.25, -0.2) is 4.79 Å². The summed E-state index contributed by atoms with van der Waals surface area (Å²) in [5.41, 5.74) is 6.30. The van der Waals surface area contributed by atoms with E-state index in [4.69, 9.17) is 10.5 Å². The summed E-state index contributed by atoms with van der Waals surface area (Å²) in [6.07, 6.45) is 3.35. The first-order valence-corrected chi connectivity index (χ1v) is 5.87. The largest absolute Gasteiger partial charge is 0.466 e. The second-order valence-corrected chi connectivity index (χ2v) is 4.73. The molecule has 2 N–H and O–H groups in total. The van der Waals surface area contributed by atoms with Gasteiger partial charge in [0, 0.05) is 25.1 Å². The van der Waals surface area contributed by atoms with E-state index >= 15 is 0 Å². The fourth-order valence-electron chi connectivity index (χ4n) is 2.99. The van der Waals surface area contributed by atoms with E-state index in [0.717, 1.165) is 12.8 Å². The van der Waals surface area contributed by atoms with E-state index in [-0.39, 0.29) is 29.6 Å². The van der Waals surface area contributed by atoms with Gasteiger partial charge in [0.15, 0.2) is 0 Å². The molecule has 0 saturated heterocycles. The van der Waals surface area contributed by atoms with Crippen LogP contribution in [0.4, 0.5) is 0 Å². The van der Waals surface area contributed by atoms with E-state index in [9.17, 15) is 9.59 Å². The summed E-state index contributed by atoms with van der Waals surface area (Å²) in [4.78, 5) is 25.3. The van der Waals surface area contributed by atoms with Gasteiger partial charge in [-0.2, -0.15) is 0 Å². The number of carbonyl (C=O) groups excluding carboxylic acids is 2. The number of ether oxygens (including phenoxy) is 1. The van der Waals surface area contributed by atoms with Gasteiger partial charge in [-0.15, -0.1) is 0 Å². The zero-order chi connectivity index (χ0) is 12.6. The molecule has 3 atom stereocenters. The van der Waals surface area contributed by atoms with Gasteiger partial charge < -0.3 is 15.4 Å². The minimum absolute atomic E-state index is 0.0142. The molecule has 1 heterocycles. The van der Waals surface area contributed by atoms with Crippen LogP contribution in [0, 0.1) is 17.8 Å². The number of rotatable bonds is 2. The van der Waals surface area contributed by atoms with Crippen molar-refractivity contribution in [2.75, 3.05) is 20.7 Å². The molecule has 0 bridgehead atoms. The van der Waals surface area contributed by atoms with Crippen LogP contribution in [-0.2, 0) is 14.3 Å². The van der Waals surface area contributed by atoms with Gasteiger partial charge in [0.1, 0.15) is 0 Å². The summed E-state index contributed by atoms with van der Waals surface area (Å²) >= 11 is 0. The molecule has 0 aromatic rings. The molecule has 2 aliphatic rings. The molecule has 1 saturated carbocycles. The topological polar surface area (TPSA) is 72.6 Å². The van der Waals surface area contributed by atoms with Gasteiger partial charge in [-0.1, -0.05) is 0 Å². The number of nitrogens with zero attached hydrogens (tertiary/aromatic N) is 1. The van der Waals surface area contributed by atoms with Crippen LogP contribution in [0.15, 0.2) is 11.8 Å². The maximum atomic E-state index is 12.1. The lowest BCUT2D eigenvalue weighted by atomic mass is 9.81. The Morgan fingerprint density at radius 2 is 2.29 bits per heavy atom. The number of hydrogen-bond donors (Lipinski definition) is 1. The van der Waals surface area contributed by atoms with Gasteiger partial charge in [-0.05, 0) is 25.3 Å². The van der Waals surface area contributed by atoms with Crippen LogP contribution in [0.2, 0.25) is 0 Å². The summed E-state index contributed by atoms with van der Waals surface area (Å²) in [7, 11) is 3.04. The molecule has 5 nitrogen and oxygen atoms in total. The highest BCUT2D eigenvalue weighted by atomic mass is 16.5. The molecule has 1 aliphatic carbocycles. The lowest BCUT2D eigenvalue weighted by Gasteiger charge is -2.32. The minimum atomic E-state index is -0.336. The van der Waals surface area contributed by atoms with Crippen molar-refractivity contribution in [2.45, 2.75) is 12.8 Å². The van der Waals surface area contributed by atoms with Crippen molar-refractivity contribution in [2.24, 2.45) is 23.5 Å². The van der Waals surface area contributed by atoms with Crippen molar-refractivity contribution in [3.05, 3.63) is 11.8 Å². The summed E-state index contributed by atoms with van der Waals surface area (Å²) in [5, 5.41) is 0. The smallest absolute Gasteiger partial charge is 0.335 e. The number of methoxy groups -OCH3 is 1. The van der Waals surface area contributed by atoms with E-state index in [1.165, 1.54) is 12.0 Å². The molecular formula is C12H18N2O3. The Hall–Kier alpha value is -1.36. The Morgan fingerprint density at radius 1 is 1.59 bits per heavy atom. The lowest BCUT2D eigenvalue weighted by Crippen LogP contribution is -2.42. The van der Waals surface area contributed by atoms with Crippen LogP contribution in [0.25, 0.3) is 0 Å². The summed E-state index contributed by atoms with van der Waals surface area (Å²) in [6.45, 7) is 0.495. The number of esters is 1. The van der Waals surface area contributed by atoms with Crippen LogP contribution >= 0.6 is 0 Å². The molecule has 5 heteroatoms. The predicted octanol–water partition coefficient (Wildman–Crippen LogP) is 0.116. The molecule has 0 aromatic carbocycles. The molecule has 0 radical (unpaired) electrons. The number of nitrogens with two attached hydrogens (primary N) is 1. The Bertz CT molecular complexity index is 378. The monoisotopic (exact) mass is 238 g/mol. The highest BCUT2D eigenvalue weighted by Crippen LogP contribution is 2.44. The first-order valence-electron chi connectivity index (χ1n) is 5.87. The predicted molar refractivity (Wildman–Crippen MR) is 61.6 cm³/mol. The molecule has 0 spiro atoms. The second kappa shape index (κ2) is 4.49. The van der Waals surface area contributed by atoms with Crippen LogP contribution in [-0.4, -0.2) is 37.5 Å². The second-order valence-electron chi connectivity index (χ2n) is 4.73. The highest BCUT2D eigenvalue weighted by Gasteiger charge is 2.47. The van der Waals surface area contributed by atoms with Gasteiger partial charge in [0.25, 0.3) is 0 Å². The number of fused-ring (bicyclic) bond motifs is 1. The molecule has 0 aromatic heterocycles. The molecule has 1 fully saturated rings. The molecule has 2 rings (SSSR count). The average molecular weight is 238 g/mol. The number of hydrogen-bond acceptors (Lipinski definition) is 4. The molecule has 94 valence electrons. The average Bonchev–Trinajstić information content (AvgIpc) is 2.76. The van der Waals surface area contributed by atoms with Crippen LogP contribution in [0.5, 0.6) is 0 Å². The van der Waals surface area contributed by atoms with Crippen molar-refractivity contribution in [1.82, 2.24) is 4.90 Å². The molecule has 1 aliphatic heterocycles. The SMILES string of the molecule is COC(=O)C1=CN(C)C(=O)C2C(CN)CCC12. The van der Waals surface area contributed by atoms with Crippen molar-refractivity contribution in [1.29, 1.82) is 0 Å². The minimum Gasteiger partial charge on any atom is -0.466 e. The van der Waals surface area contributed by atoms with Crippen molar-refractivity contribution >= 4 is 11.9 Å². The van der Waals surface area contributed by atoms with E-state index in [2.05, 4.69) is 0 Å². The zero-order valence-electron chi connectivity index (χ0n) is 10.2. The first kappa shape index (κ1) is 12.1. The first-order chi connectivity index (χ1) is 8.10. The molecular weight excluding hydrogens is 220 g/mol. The van der Waals surface area contributed by atoms with Crippen molar-refractivity contribution < 1.29 is 14.3 Å². The zero-order valence-corrected chi connectivity index (χ0v) is 10.2. The normalized spacial score (nSPS) is 32.2. The third-order valence-corrected chi connectivity index (χ3v) is 3.88. The van der Waals surface area contributed by atoms with Crippen LogP contribution in [0.1, 0.15) is 12.8 Å². The van der Waals surface area contributed by atoms with Crippen molar-refractivity contribution in [3.8, 4) is 0 Å². The van der Waals surface area contributed by atoms with E-state index in [1.807, 2.05) is 0 Å². The third-order valence-electron chi connectivity index (χ3n) is 3.88. The van der Waals surface area contributed by atoms with Gasteiger partial charge >= 0.3 is 5.97 Å². The lowest BCUT2D eigenvalue weighted by molar-refractivity contribution is -0.139. The van der Waals surface area contributed by atoms with Crippen LogP contribution in [0.3, 0.4) is 0 Å². The van der Waals surface area contributed by atoms with Gasteiger partial charge in [-0.3, -0.25) is 4.79 Å². The van der Waals surface area contributed by atoms with Crippen LogP contribution < -0.4 is 5.73 Å². The van der Waals surface area contributed by atoms with E-state index < -0.39 is 0 Å². The molecule has 3 unspecified atom stereocenters. The van der Waals surface area contributed by atoms with E-state index in [0.29, 0.717) is 12.1 Å². The number of amides is 1. The highest BCUT2D eigenvalue weighted by molar-refractivity contribution is 5.94. The fourth-order valence-corrected chi connectivity index (χ4v) is 2.99. The Morgan fingerprint density at radius 3 is 2.88 bits per heavy atom. The fraction of sp³-hybridized carbons (Fsp3) is 0.667. The molecule has 1 amide bonds. The number of carbonyl (C=O) groups is 2. The standard InChI is InChI=1S/C12H18N2O3/c1-14-6-9(12(16)17-2)8-4-3-7(5-13)10(8)11(14)15/h6-8,10H,3-5,13H2,1-2H3. The van der Waals surface area contributed by atoms with Crippen molar-refractivity contribution in [3.63, 3.8) is 0 Å². The van der Waals surface area contributed by atoms with E-state index in [1.54, 1.807) is 13.2 Å². The van der Waals surface area contributed by atoms with Gasteiger partial charge in [0.2, 0.25) is 5.91 Å². The van der Waals surface area contributed by atoms with Gasteiger partial charge in [0.05, 0.1) is 12.7 Å². The summed E-state index contributed by atoms with van der Waals surface area (Å²) in [6, 6.07) is 0. The Kier molecular flexibility index (Phi) is 3.19. The Labute approximate surface area is 101 Å². The maximum absolute atomic E-state index is 12.1. The summed E-state index contributed by atoms with van der Waals surface area (Å²) < 4.78 is 4.77. The quantitative estimate of drug-likeness (QED) is 0.693. The summed E-state index contributed by atoms with van der Waals surface area (Å²) in [5.74, 6) is -0.250.